The molecule has 1 atom stereocenters. The Hall–Kier alpha value is -0.640. The van der Waals surface area contributed by atoms with Crippen LogP contribution in [0.1, 0.15) is 25.8 Å². The normalized spacial score (nSPS) is 23.8. The fourth-order valence-electron chi connectivity index (χ4n) is 2.36. The Kier molecular flexibility index (Phi) is 4.60. The van der Waals surface area contributed by atoms with E-state index in [2.05, 4.69) is 24.1 Å². The number of hydrogen-bond donors (Lipinski definition) is 1. The minimum atomic E-state index is 0.176. The van der Waals surface area contributed by atoms with Gasteiger partial charge in [-0.05, 0) is 24.5 Å². The van der Waals surface area contributed by atoms with Crippen LogP contribution in [0.25, 0.3) is 0 Å². The van der Waals surface area contributed by atoms with Gasteiger partial charge < -0.3 is 10.1 Å². The molecule has 0 bridgehead atoms. The van der Waals surface area contributed by atoms with Gasteiger partial charge in [-0.2, -0.15) is 0 Å². The Morgan fingerprint density at radius 3 is 3.00 bits per heavy atom. The molecule has 4 heteroatoms. The summed E-state index contributed by atoms with van der Waals surface area (Å²) in [5.74, 6) is 0. The molecular formula is C14H21ClN2O. The maximum atomic E-state index is 6.20. The van der Waals surface area contributed by atoms with Crippen LogP contribution >= 0.6 is 11.6 Å². The summed E-state index contributed by atoms with van der Waals surface area (Å²) in [7, 11) is 0. The summed E-state index contributed by atoms with van der Waals surface area (Å²) < 4.78 is 5.61. The number of halogens is 1. The molecule has 0 aromatic carbocycles. The quantitative estimate of drug-likeness (QED) is 0.892. The maximum Gasteiger partial charge on any atom is 0.0621 e. The molecule has 2 heterocycles. The number of pyridine rings is 1. The first-order chi connectivity index (χ1) is 8.61. The third-order valence-electron chi connectivity index (χ3n) is 3.49. The molecule has 1 aliphatic heterocycles. The van der Waals surface area contributed by atoms with Gasteiger partial charge in [-0.1, -0.05) is 25.4 Å². The van der Waals surface area contributed by atoms with Crippen LogP contribution in [0.5, 0.6) is 0 Å². The lowest BCUT2D eigenvalue weighted by molar-refractivity contribution is 0.148. The third-order valence-corrected chi connectivity index (χ3v) is 3.83. The van der Waals surface area contributed by atoms with Crippen LogP contribution in [0.2, 0.25) is 5.02 Å². The van der Waals surface area contributed by atoms with E-state index in [1.165, 1.54) is 5.56 Å². The number of aromatic nitrogens is 1. The van der Waals surface area contributed by atoms with E-state index in [0.717, 1.165) is 37.6 Å². The van der Waals surface area contributed by atoms with E-state index >= 15 is 0 Å². The summed E-state index contributed by atoms with van der Waals surface area (Å²) in [6.45, 7) is 6.98. The van der Waals surface area contributed by atoms with Gasteiger partial charge in [0.05, 0.1) is 11.6 Å². The molecule has 1 fully saturated rings. The van der Waals surface area contributed by atoms with E-state index < -0.39 is 0 Å². The minimum Gasteiger partial charge on any atom is -0.381 e. The van der Waals surface area contributed by atoms with E-state index in [1.807, 2.05) is 6.07 Å². The van der Waals surface area contributed by atoms with Gasteiger partial charge in [-0.3, -0.25) is 4.98 Å². The molecule has 0 aliphatic carbocycles. The van der Waals surface area contributed by atoms with Crippen LogP contribution in [0.4, 0.5) is 0 Å². The zero-order valence-corrected chi connectivity index (χ0v) is 11.8. The van der Waals surface area contributed by atoms with Crippen molar-refractivity contribution in [2.45, 2.75) is 32.7 Å². The molecule has 1 aliphatic rings. The molecule has 0 saturated carbocycles. The van der Waals surface area contributed by atoms with E-state index in [9.17, 15) is 0 Å². The second-order valence-electron chi connectivity index (χ2n) is 5.48. The highest BCUT2D eigenvalue weighted by Crippen LogP contribution is 2.34. The third kappa shape index (κ3) is 3.44. The summed E-state index contributed by atoms with van der Waals surface area (Å²) in [5.41, 5.74) is 1.35. The second-order valence-corrected chi connectivity index (χ2v) is 5.89. The van der Waals surface area contributed by atoms with E-state index in [-0.39, 0.29) is 5.41 Å². The lowest BCUT2D eigenvalue weighted by Gasteiger charge is -2.29. The van der Waals surface area contributed by atoms with Crippen molar-refractivity contribution >= 4 is 11.6 Å². The lowest BCUT2D eigenvalue weighted by atomic mass is 9.81. The first kappa shape index (κ1) is 13.8. The zero-order valence-electron chi connectivity index (χ0n) is 11.1. The van der Waals surface area contributed by atoms with Gasteiger partial charge in [0, 0.05) is 37.0 Å². The van der Waals surface area contributed by atoms with Gasteiger partial charge in [0.15, 0.2) is 0 Å². The van der Waals surface area contributed by atoms with Crippen LogP contribution in [-0.4, -0.2) is 30.8 Å². The van der Waals surface area contributed by atoms with Crippen LogP contribution in [0.15, 0.2) is 18.5 Å². The van der Waals surface area contributed by atoms with Crippen molar-refractivity contribution in [1.82, 2.24) is 10.3 Å². The average Bonchev–Trinajstić information content (AvgIpc) is 2.79. The molecule has 1 aromatic heterocycles. The minimum absolute atomic E-state index is 0.176. The average molecular weight is 269 g/mol. The SMILES string of the molecule is CC(C)NCC1(Cc2ccncc2Cl)CCOC1. The largest absolute Gasteiger partial charge is 0.381 e. The highest BCUT2D eigenvalue weighted by atomic mass is 35.5. The summed E-state index contributed by atoms with van der Waals surface area (Å²) in [4.78, 5) is 4.04. The predicted octanol–water partition coefficient (Wildman–Crippen LogP) is 2.68. The number of ether oxygens (including phenoxy) is 1. The molecule has 1 N–H and O–H groups in total. The standard InChI is InChI=1S/C14H21ClN2O/c1-11(2)17-9-14(4-6-18-10-14)7-12-3-5-16-8-13(12)15/h3,5,8,11,17H,4,6-7,9-10H2,1-2H3. The Bertz CT molecular complexity index is 389. The first-order valence-corrected chi connectivity index (χ1v) is 6.89. The number of nitrogens with zero attached hydrogens (tertiary/aromatic N) is 1. The van der Waals surface area contributed by atoms with Gasteiger partial charge in [0.25, 0.3) is 0 Å². The van der Waals surface area contributed by atoms with Gasteiger partial charge in [-0.25, -0.2) is 0 Å². The molecule has 18 heavy (non-hydrogen) atoms. The molecule has 0 amide bonds. The van der Waals surface area contributed by atoms with Gasteiger partial charge in [0.1, 0.15) is 0 Å². The van der Waals surface area contributed by atoms with Crippen LogP contribution < -0.4 is 5.32 Å². The van der Waals surface area contributed by atoms with Crippen molar-refractivity contribution in [2.24, 2.45) is 5.41 Å². The van der Waals surface area contributed by atoms with Crippen molar-refractivity contribution in [3.05, 3.63) is 29.0 Å². The van der Waals surface area contributed by atoms with Gasteiger partial charge >= 0.3 is 0 Å². The van der Waals surface area contributed by atoms with Crippen molar-refractivity contribution in [3.63, 3.8) is 0 Å². The fraction of sp³-hybridized carbons (Fsp3) is 0.643. The Morgan fingerprint density at radius 1 is 1.56 bits per heavy atom. The Labute approximate surface area is 114 Å². The van der Waals surface area contributed by atoms with Crippen LogP contribution in [0, 0.1) is 5.41 Å². The topological polar surface area (TPSA) is 34.2 Å². The summed E-state index contributed by atoms with van der Waals surface area (Å²) >= 11 is 6.20. The predicted molar refractivity (Wildman–Crippen MR) is 74.0 cm³/mol. The van der Waals surface area contributed by atoms with E-state index in [0.29, 0.717) is 6.04 Å². The fourth-order valence-corrected chi connectivity index (χ4v) is 2.55. The van der Waals surface area contributed by atoms with Crippen molar-refractivity contribution in [2.75, 3.05) is 19.8 Å². The van der Waals surface area contributed by atoms with Gasteiger partial charge in [0.2, 0.25) is 0 Å². The Morgan fingerprint density at radius 2 is 2.39 bits per heavy atom. The van der Waals surface area contributed by atoms with E-state index in [1.54, 1.807) is 12.4 Å². The Balaban J connectivity index is 2.08. The monoisotopic (exact) mass is 268 g/mol. The highest BCUT2D eigenvalue weighted by molar-refractivity contribution is 6.31. The molecule has 0 radical (unpaired) electrons. The molecule has 1 unspecified atom stereocenters. The van der Waals surface area contributed by atoms with Crippen LogP contribution in [0.3, 0.4) is 0 Å². The molecule has 1 saturated heterocycles. The molecule has 100 valence electrons. The molecule has 2 rings (SSSR count). The molecule has 0 spiro atoms. The number of nitrogens with one attached hydrogen (secondary N) is 1. The summed E-state index contributed by atoms with van der Waals surface area (Å²) in [6.07, 6.45) is 5.57. The molecule has 3 nitrogen and oxygen atoms in total. The summed E-state index contributed by atoms with van der Waals surface area (Å²) in [5, 5.41) is 4.29. The first-order valence-electron chi connectivity index (χ1n) is 6.51. The number of rotatable bonds is 5. The second kappa shape index (κ2) is 6.00. The van der Waals surface area contributed by atoms with Crippen LogP contribution in [-0.2, 0) is 11.2 Å². The zero-order chi connectivity index (χ0) is 13.0. The summed E-state index contributed by atoms with van der Waals surface area (Å²) in [6, 6.07) is 2.51. The molecular weight excluding hydrogens is 248 g/mol. The highest BCUT2D eigenvalue weighted by Gasteiger charge is 2.35. The van der Waals surface area contributed by atoms with Crippen molar-refractivity contribution in [1.29, 1.82) is 0 Å². The molecule has 1 aromatic rings. The van der Waals surface area contributed by atoms with Crippen molar-refractivity contribution in [3.8, 4) is 0 Å². The lowest BCUT2D eigenvalue weighted by Crippen LogP contribution is -2.39. The van der Waals surface area contributed by atoms with Crippen molar-refractivity contribution < 1.29 is 4.74 Å². The van der Waals surface area contributed by atoms with E-state index in [4.69, 9.17) is 16.3 Å². The smallest absolute Gasteiger partial charge is 0.0621 e. The maximum absolute atomic E-state index is 6.20. The van der Waals surface area contributed by atoms with Gasteiger partial charge in [-0.15, -0.1) is 0 Å². The number of hydrogen-bond acceptors (Lipinski definition) is 3.